The fourth-order valence-corrected chi connectivity index (χ4v) is 3.16. The van der Waals surface area contributed by atoms with Crippen molar-refractivity contribution < 1.29 is 17.9 Å². The van der Waals surface area contributed by atoms with Gasteiger partial charge in [0, 0.05) is 31.7 Å². The number of sulfonamides is 1. The normalized spacial score (nSPS) is 11.4. The van der Waals surface area contributed by atoms with Gasteiger partial charge < -0.3 is 9.64 Å². The van der Waals surface area contributed by atoms with Gasteiger partial charge in [-0.05, 0) is 48.5 Å². The first-order chi connectivity index (χ1) is 12.2. The van der Waals surface area contributed by atoms with Gasteiger partial charge in [0.25, 0.3) is 5.91 Å². The Morgan fingerprint density at radius 2 is 1.58 bits per heavy atom. The number of ether oxygens (including phenoxy) is 1. The molecule has 0 radical (unpaired) electrons. The molecule has 0 saturated carbocycles. The van der Waals surface area contributed by atoms with Gasteiger partial charge in [-0.1, -0.05) is 11.6 Å². The van der Waals surface area contributed by atoms with Gasteiger partial charge in [0.15, 0.2) is 0 Å². The van der Waals surface area contributed by atoms with Crippen LogP contribution in [0.2, 0.25) is 5.02 Å². The van der Waals surface area contributed by atoms with Crippen molar-refractivity contribution in [2.75, 3.05) is 34.3 Å². The standard InChI is InChI=1S/C18H21ClN2O4S/c1-20(2)26(23,24)17-10-4-14(5-11-17)18(22)21(3)12-13-25-16-8-6-15(19)7-9-16/h4-11H,12-13H2,1-3H3. The zero-order valence-corrected chi connectivity index (χ0v) is 16.4. The molecular formula is C18H21ClN2O4S. The van der Waals surface area contributed by atoms with Crippen LogP contribution in [0.4, 0.5) is 0 Å². The summed E-state index contributed by atoms with van der Waals surface area (Å²) in [5, 5.41) is 0.629. The molecule has 140 valence electrons. The van der Waals surface area contributed by atoms with E-state index in [0.29, 0.717) is 29.5 Å². The summed E-state index contributed by atoms with van der Waals surface area (Å²) >= 11 is 5.81. The van der Waals surface area contributed by atoms with E-state index in [0.717, 1.165) is 4.31 Å². The van der Waals surface area contributed by atoms with Crippen molar-refractivity contribution in [1.29, 1.82) is 0 Å². The summed E-state index contributed by atoms with van der Waals surface area (Å²) in [7, 11) is 1.08. The molecule has 0 spiro atoms. The Morgan fingerprint density at radius 3 is 2.12 bits per heavy atom. The lowest BCUT2D eigenvalue weighted by Gasteiger charge is -2.18. The number of hydrogen-bond acceptors (Lipinski definition) is 4. The van der Waals surface area contributed by atoms with E-state index in [1.165, 1.54) is 43.3 Å². The average molecular weight is 397 g/mol. The molecule has 0 atom stereocenters. The van der Waals surface area contributed by atoms with E-state index in [2.05, 4.69) is 0 Å². The molecule has 0 aliphatic rings. The van der Waals surface area contributed by atoms with Crippen LogP contribution in [0, 0.1) is 0 Å². The minimum absolute atomic E-state index is 0.146. The molecule has 2 aromatic rings. The second-order valence-corrected chi connectivity index (χ2v) is 8.43. The number of amides is 1. The van der Waals surface area contributed by atoms with E-state index in [1.807, 2.05) is 0 Å². The highest BCUT2D eigenvalue weighted by atomic mass is 35.5. The smallest absolute Gasteiger partial charge is 0.253 e. The van der Waals surface area contributed by atoms with Crippen molar-refractivity contribution in [2.45, 2.75) is 4.90 Å². The molecule has 0 N–H and O–H groups in total. The SMILES string of the molecule is CN(CCOc1ccc(Cl)cc1)C(=O)c1ccc(S(=O)(=O)N(C)C)cc1. The summed E-state index contributed by atoms with van der Waals surface area (Å²) < 4.78 is 30.8. The predicted molar refractivity (Wildman–Crippen MR) is 101 cm³/mol. The second-order valence-electron chi connectivity index (χ2n) is 5.84. The van der Waals surface area contributed by atoms with Gasteiger partial charge in [0.2, 0.25) is 10.0 Å². The minimum atomic E-state index is -3.51. The van der Waals surface area contributed by atoms with Gasteiger partial charge in [-0.2, -0.15) is 0 Å². The largest absolute Gasteiger partial charge is 0.492 e. The van der Waals surface area contributed by atoms with Crippen molar-refractivity contribution in [3.05, 3.63) is 59.1 Å². The molecule has 2 aromatic carbocycles. The summed E-state index contributed by atoms with van der Waals surface area (Å²) in [4.78, 5) is 14.1. The van der Waals surface area contributed by atoms with E-state index in [1.54, 1.807) is 31.3 Å². The molecule has 2 rings (SSSR count). The van der Waals surface area contributed by atoms with Crippen molar-refractivity contribution >= 4 is 27.5 Å². The molecule has 26 heavy (non-hydrogen) atoms. The molecule has 0 saturated heterocycles. The first-order valence-electron chi connectivity index (χ1n) is 7.88. The molecule has 0 unspecified atom stereocenters. The van der Waals surface area contributed by atoms with Crippen molar-refractivity contribution in [3.63, 3.8) is 0 Å². The van der Waals surface area contributed by atoms with Gasteiger partial charge in [-0.15, -0.1) is 0 Å². The third-order valence-corrected chi connectivity index (χ3v) is 5.82. The Labute approximate surface area is 159 Å². The van der Waals surface area contributed by atoms with Crippen LogP contribution >= 0.6 is 11.6 Å². The lowest BCUT2D eigenvalue weighted by molar-refractivity contribution is 0.0773. The number of rotatable bonds is 7. The molecule has 0 fully saturated rings. The topological polar surface area (TPSA) is 66.9 Å². The van der Waals surface area contributed by atoms with Crippen LogP contribution in [0.3, 0.4) is 0 Å². The van der Waals surface area contributed by atoms with Crippen molar-refractivity contribution in [3.8, 4) is 5.75 Å². The first-order valence-corrected chi connectivity index (χ1v) is 9.70. The van der Waals surface area contributed by atoms with Gasteiger partial charge in [-0.25, -0.2) is 12.7 Å². The fraction of sp³-hybridized carbons (Fsp3) is 0.278. The summed E-state index contributed by atoms with van der Waals surface area (Å²) in [6.07, 6.45) is 0. The van der Waals surface area contributed by atoms with Crippen LogP contribution in [0.1, 0.15) is 10.4 Å². The monoisotopic (exact) mass is 396 g/mol. The molecule has 0 aromatic heterocycles. The molecule has 0 bridgehead atoms. The van der Waals surface area contributed by atoms with E-state index in [9.17, 15) is 13.2 Å². The molecule has 1 amide bonds. The van der Waals surface area contributed by atoms with E-state index < -0.39 is 10.0 Å². The lowest BCUT2D eigenvalue weighted by atomic mass is 10.2. The van der Waals surface area contributed by atoms with Crippen molar-refractivity contribution in [1.82, 2.24) is 9.21 Å². The maximum absolute atomic E-state index is 12.4. The third kappa shape index (κ3) is 4.97. The average Bonchev–Trinajstić information content (AvgIpc) is 2.62. The Hall–Kier alpha value is -2.09. The highest BCUT2D eigenvalue weighted by Gasteiger charge is 2.18. The fourth-order valence-electron chi connectivity index (χ4n) is 2.13. The van der Waals surface area contributed by atoms with Gasteiger partial charge in [0.05, 0.1) is 11.4 Å². The number of hydrogen-bond donors (Lipinski definition) is 0. The molecule has 6 nitrogen and oxygen atoms in total. The second kappa shape index (κ2) is 8.53. The quantitative estimate of drug-likeness (QED) is 0.721. The predicted octanol–water partition coefficient (Wildman–Crippen LogP) is 2.74. The Balaban J connectivity index is 1.94. The van der Waals surface area contributed by atoms with E-state index in [-0.39, 0.29) is 10.8 Å². The first kappa shape index (κ1) is 20.2. The number of carbonyl (C=O) groups excluding carboxylic acids is 1. The van der Waals surface area contributed by atoms with Gasteiger partial charge in [-0.3, -0.25) is 4.79 Å². The summed E-state index contributed by atoms with van der Waals surface area (Å²) in [5.74, 6) is 0.465. The third-order valence-electron chi connectivity index (χ3n) is 3.74. The highest BCUT2D eigenvalue weighted by molar-refractivity contribution is 7.89. The molecule has 8 heteroatoms. The van der Waals surface area contributed by atoms with Gasteiger partial charge in [0.1, 0.15) is 12.4 Å². The zero-order chi connectivity index (χ0) is 19.3. The number of likely N-dealkylation sites (N-methyl/N-ethyl adjacent to an activating group) is 1. The zero-order valence-electron chi connectivity index (χ0n) is 14.8. The number of carbonyl (C=O) groups is 1. The van der Waals surface area contributed by atoms with E-state index >= 15 is 0 Å². The Morgan fingerprint density at radius 1 is 1.00 bits per heavy atom. The minimum Gasteiger partial charge on any atom is -0.492 e. The molecule has 0 aliphatic heterocycles. The summed E-state index contributed by atoms with van der Waals surface area (Å²) in [5.41, 5.74) is 0.414. The summed E-state index contributed by atoms with van der Waals surface area (Å²) in [6, 6.07) is 12.9. The van der Waals surface area contributed by atoms with Crippen LogP contribution < -0.4 is 4.74 Å². The Bertz CT molecular complexity index is 850. The van der Waals surface area contributed by atoms with E-state index in [4.69, 9.17) is 16.3 Å². The summed E-state index contributed by atoms with van der Waals surface area (Å²) in [6.45, 7) is 0.718. The van der Waals surface area contributed by atoms with Crippen LogP contribution in [0.15, 0.2) is 53.4 Å². The van der Waals surface area contributed by atoms with Crippen LogP contribution in [-0.4, -0.2) is 57.8 Å². The van der Waals surface area contributed by atoms with Crippen molar-refractivity contribution in [2.24, 2.45) is 0 Å². The molecule has 0 aliphatic carbocycles. The van der Waals surface area contributed by atoms with Crippen LogP contribution in [0.25, 0.3) is 0 Å². The lowest BCUT2D eigenvalue weighted by Crippen LogP contribution is -2.31. The maximum Gasteiger partial charge on any atom is 0.253 e. The van der Waals surface area contributed by atoms with Gasteiger partial charge >= 0.3 is 0 Å². The number of halogens is 1. The molecular weight excluding hydrogens is 376 g/mol. The Kier molecular flexibility index (Phi) is 6.63. The number of benzene rings is 2. The number of nitrogens with zero attached hydrogens (tertiary/aromatic N) is 2. The maximum atomic E-state index is 12.4. The van der Waals surface area contributed by atoms with Crippen LogP contribution in [-0.2, 0) is 10.0 Å². The highest BCUT2D eigenvalue weighted by Crippen LogP contribution is 2.16. The van der Waals surface area contributed by atoms with Crippen LogP contribution in [0.5, 0.6) is 5.75 Å². The molecule has 0 heterocycles.